The zero-order valence-electron chi connectivity index (χ0n) is 21.6. The van der Waals surface area contributed by atoms with Gasteiger partial charge in [0.1, 0.15) is 11.5 Å². The van der Waals surface area contributed by atoms with Crippen LogP contribution in [0.25, 0.3) is 0 Å². The van der Waals surface area contributed by atoms with Gasteiger partial charge in [0.15, 0.2) is 11.5 Å². The summed E-state index contributed by atoms with van der Waals surface area (Å²) in [6.45, 7) is 3.31. The number of hydrogen-bond acceptors (Lipinski definition) is 10. The highest BCUT2D eigenvalue weighted by Gasteiger charge is 2.35. The van der Waals surface area contributed by atoms with Crippen LogP contribution >= 0.6 is 0 Å². The largest absolute Gasteiger partial charge is 0.493 e. The number of hydrogen-bond donors (Lipinski definition) is 1. The van der Waals surface area contributed by atoms with Crippen LogP contribution in [-0.4, -0.2) is 80.8 Å². The number of nitrogens with zero attached hydrogens (tertiary/aromatic N) is 5. The number of nitrogens with two attached hydrogens (primary N) is 1. The first-order valence-corrected chi connectivity index (χ1v) is 12.2. The molecule has 11 heteroatoms. The molecule has 2 aliphatic rings. The highest BCUT2D eigenvalue weighted by molar-refractivity contribution is 6.54. The number of methoxy groups -OCH3 is 3. The summed E-state index contributed by atoms with van der Waals surface area (Å²) in [4.78, 5) is 30.7. The SMILES string of the molecule is COc1cc(Cc2cnc(/N=C3/C(=O)N(CN4CCOCC4)c4ccccc43)nc2N)cc(OC)c1OC. The third kappa shape index (κ3) is 4.98. The van der Waals surface area contributed by atoms with Crippen molar-refractivity contribution in [3.63, 3.8) is 0 Å². The first kappa shape index (κ1) is 25.4. The van der Waals surface area contributed by atoms with Crippen molar-refractivity contribution in [1.82, 2.24) is 14.9 Å². The molecule has 0 saturated carbocycles. The Labute approximate surface area is 220 Å². The molecule has 0 spiro atoms. The van der Waals surface area contributed by atoms with E-state index in [9.17, 15) is 4.79 Å². The summed E-state index contributed by atoms with van der Waals surface area (Å²) < 4.78 is 21.7. The van der Waals surface area contributed by atoms with Crippen molar-refractivity contribution >= 4 is 29.1 Å². The van der Waals surface area contributed by atoms with Gasteiger partial charge in [-0.25, -0.2) is 9.98 Å². The summed E-state index contributed by atoms with van der Waals surface area (Å²) in [5, 5.41) is 0. The number of carbonyl (C=O) groups excluding carboxylic acids is 1. The van der Waals surface area contributed by atoms with Crippen molar-refractivity contribution in [2.45, 2.75) is 6.42 Å². The highest BCUT2D eigenvalue weighted by Crippen LogP contribution is 2.39. The number of ether oxygens (including phenoxy) is 4. The standard InChI is InChI=1S/C27H30N6O5/c1-35-21-13-17(14-22(36-2)24(21)37-3)12-18-15-29-27(31-25(18)28)30-23-19-6-4-5-7-20(19)33(26(23)34)16-32-8-10-38-11-9-32/h4-7,13-15H,8-12,16H2,1-3H3,(H2,28,29,31)/b30-23+. The van der Waals surface area contributed by atoms with Crippen LogP contribution in [0, 0.1) is 0 Å². The Kier molecular flexibility index (Phi) is 7.38. The molecule has 3 aromatic rings. The molecule has 2 aromatic carbocycles. The highest BCUT2D eigenvalue weighted by atomic mass is 16.5. The van der Waals surface area contributed by atoms with Crippen molar-refractivity contribution in [2.75, 3.05) is 64.9 Å². The van der Waals surface area contributed by atoms with Gasteiger partial charge in [-0.1, -0.05) is 18.2 Å². The van der Waals surface area contributed by atoms with Crippen LogP contribution in [0.15, 0.2) is 47.6 Å². The molecule has 1 amide bonds. The molecular formula is C27H30N6O5. The minimum absolute atomic E-state index is 0.127. The number of morpholine rings is 1. The molecule has 2 N–H and O–H groups in total. The van der Waals surface area contributed by atoms with Gasteiger partial charge in [-0.3, -0.25) is 14.6 Å². The van der Waals surface area contributed by atoms with E-state index in [2.05, 4.69) is 19.9 Å². The molecule has 0 atom stereocenters. The summed E-state index contributed by atoms with van der Waals surface area (Å²) >= 11 is 0. The Morgan fingerprint density at radius 3 is 2.42 bits per heavy atom. The zero-order valence-corrected chi connectivity index (χ0v) is 21.6. The second-order valence-corrected chi connectivity index (χ2v) is 8.87. The summed E-state index contributed by atoms with van der Waals surface area (Å²) in [5.74, 6) is 1.81. The minimum Gasteiger partial charge on any atom is -0.493 e. The number of aliphatic imine (C=N–C) groups is 1. The Bertz CT molecular complexity index is 1350. The fraction of sp³-hybridized carbons (Fsp3) is 0.333. The molecule has 0 bridgehead atoms. The van der Waals surface area contributed by atoms with Crippen molar-refractivity contribution in [1.29, 1.82) is 0 Å². The lowest BCUT2D eigenvalue weighted by atomic mass is 10.1. The number of aromatic nitrogens is 2. The number of anilines is 2. The van der Waals surface area contributed by atoms with E-state index < -0.39 is 0 Å². The van der Waals surface area contributed by atoms with Gasteiger partial charge < -0.3 is 24.7 Å². The van der Waals surface area contributed by atoms with E-state index in [1.807, 2.05) is 36.4 Å². The first-order chi connectivity index (χ1) is 18.5. The molecule has 11 nitrogen and oxygen atoms in total. The molecule has 1 saturated heterocycles. The van der Waals surface area contributed by atoms with Crippen molar-refractivity contribution in [3.8, 4) is 17.2 Å². The maximum absolute atomic E-state index is 13.4. The Balaban J connectivity index is 1.40. The van der Waals surface area contributed by atoms with E-state index in [0.29, 0.717) is 54.8 Å². The topological polar surface area (TPSA) is 125 Å². The number of fused-ring (bicyclic) bond motifs is 1. The van der Waals surface area contributed by atoms with Crippen LogP contribution in [0.5, 0.6) is 17.2 Å². The lowest BCUT2D eigenvalue weighted by Crippen LogP contribution is -2.45. The van der Waals surface area contributed by atoms with Gasteiger partial charge in [-0.2, -0.15) is 4.98 Å². The maximum atomic E-state index is 13.4. The lowest BCUT2D eigenvalue weighted by molar-refractivity contribution is -0.112. The molecular weight excluding hydrogens is 488 g/mol. The van der Waals surface area contributed by atoms with Crippen LogP contribution in [0.4, 0.5) is 17.5 Å². The van der Waals surface area contributed by atoms with Gasteiger partial charge in [0.05, 0.1) is 46.9 Å². The number of rotatable bonds is 8. The molecule has 3 heterocycles. The second kappa shape index (κ2) is 11.0. The number of amides is 1. The van der Waals surface area contributed by atoms with Crippen LogP contribution in [-0.2, 0) is 16.0 Å². The predicted molar refractivity (Wildman–Crippen MR) is 143 cm³/mol. The molecule has 2 aliphatic heterocycles. The number of carbonyl (C=O) groups is 1. The van der Waals surface area contributed by atoms with Crippen LogP contribution in [0.1, 0.15) is 16.7 Å². The third-order valence-electron chi connectivity index (χ3n) is 6.56. The Morgan fingerprint density at radius 2 is 1.76 bits per heavy atom. The monoisotopic (exact) mass is 518 g/mol. The fourth-order valence-corrected chi connectivity index (χ4v) is 4.61. The molecule has 38 heavy (non-hydrogen) atoms. The van der Waals surface area contributed by atoms with E-state index in [4.69, 9.17) is 24.7 Å². The fourth-order valence-electron chi connectivity index (χ4n) is 4.61. The average molecular weight is 519 g/mol. The quantitative estimate of drug-likeness (QED) is 0.479. The second-order valence-electron chi connectivity index (χ2n) is 8.87. The molecule has 1 aromatic heterocycles. The van der Waals surface area contributed by atoms with Crippen molar-refractivity contribution < 1.29 is 23.7 Å². The summed E-state index contributed by atoms with van der Waals surface area (Å²) in [5.41, 5.74) is 9.74. The van der Waals surface area contributed by atoms with Crippen LogP contribution < -0.4 is 24.8 Å². The molecule has 0 radical (unpaired) electrons. The molecule has 0 unspecified atom stereocenters. The Hall–Kier alpha value is -4.22. The van der Waals surface area contributed by atoms with Gasteiger partial charge in [0.25, 0.3) is 11.9 Å². The maximum Gasteiger partial charge on any atom is 0.278 e. The zero-order chi connectivity index (χ0) is 26.6. The average Bonchev–Trinajstić information content (AvgIpc) is 3.20. The Morgan fingerprint density at radius 1 is 1.05 bits per heavy atom. The van der Waals surface area contributed by atoms with Crippen LogP contribution in [0.3, 0.4) is 0 Å². The summed E-state index contributed by atoms with van der Waals surface area (Å²) in [6.07, 6.45) is 2.07. The summed E-state index contributed by atoms with van der Waals surface area (Å²) in [7, 11) is 4.69. The van der Waals surface area contributed by atoms with Crippen molar-refractivity contribution in [2.24, 2.45) is 4.99 Å². The molecule has 1 fully saturated rings. The number of para-hydroxylation sites is 1. The van der Waals surface area contributed by atoms with Gasteiger partial charge in [0.2, 0.25) is 5.75 Å². The van der Waals surface area contributed by atoms with E-state index in [-0.39, 0.29) is 17.7 Å². The number of benzene rings is 2. The van der Waals surface area contributed by atoms with Gasteiger partial charge >= 0.3 is 0 Å². The van der Waals surface area contributed by atoms with Crippen molar-refractivity contribution in [3.05, 3.63) is 59.3 Å². The minimum atomic E-state index is -0.193. The van der Waals surface area contributed by atoms with E-state index in [1.54, 1.807) is 32.4 Å². The molecule has 0 aliphatic carbocycles. The van der Waals surface area contributed by atoms with Gasteiger partial charge in [-0.15, -0.1) is 0 Å². The third-order valence-corrected chi connectivity index (χ3v) is 6.56. The van der Waals surface area contributed by atoms with E-state index in [1.165, 1.54) is 0 Å². The predicted octanol–water partition coefficient (Wildman–Crippen LogP) is 2.43. The lowest BCUT2D eigenvalue weighted by Gasteiger charge is -2.30. The van der Waals surface area contributed by atoms with Gasteiger partial charge in [0, 0.05) is 36.8 Å². The van der Waals surface area contributed by atoms with Crippen LogP contribution in [0.2, 0.25) is 0 Å². The van der Waals surface area contributed by atoms with Gasteiger partial charge in [-0.05, 0) is 23.8 Å². The molecule has 5 rings (SSSR count). The van der Waals surface area contributed by atoms with E-state index in [0.717, 1.165) is 29.9 Å². The normalized spacial score (nSPS) is 16.6. The summed E-state index contributed by atoms with van der Waals surface area (Å²) in [6, 6.07) is 11.3. The number of nitrogen functional groups attached to an aromatic ring is 1. The first-order valence-electron chi connectivity index (χ1n) is 12.2. The molecule has 198 valence electrons. The van der Waals surface area contributed by atoms with E-state index >= 15 is 0 Å². The smallest absolute Gasteiger partial charge is 0.278 e.